The molecule has 0 aromatic rings. The zero-order chi connectivity index (χ0) is 15.4. The van der Waals surface area contributed by atoms with Gasteiger partial charge in [-0.05, 0) is 76.0 Å². The number of rotatable bonds is 2. The van der Waals surface area contributed by atoms with Gasteiger partial charge in [0.15, 0.2) is 0 Å². The summed E-state index contributed by atoms with van der Waals surface area (Å²) in [6.45, 7) is 11.4. The highest BCUT2D eigenvalue weighted by molar-refractivity contribution is 5.69. The number of hydrogen-bond donors (Lipinski definition) is 0. The van der Waals surface area contributed by atoms with Gasteiger partial charge in [-0.3, -0.25) is 0 Å². The van der Waals surface area contributed by atoms with Gasteiger partial charge in [-0.1, -0.05) is 13.8 Å². The first-order valence-electron chi connectivity index (χ1n) is 8.68. The number of fused-ring (bicyclic) bond motifs is 3. The summed E-state index contributed by atoms with van der Waals surface area (Å²) in [5, 5.41) is 0. The number of carbonyl (C=O) groups excluding carboxylic acids is 1. The van der Waals surface area contributed by atoms with Crippen molar-refractivity contribution in [2.75, 3.05) is 6.54 Å². The van der Waals surface area contributed by atoms with Gasteiger partial charge < -0.3 is 9.64 Å². The average molecular weight is 293 g/mol. The number of likely N-dealkylation sites (tertiary alicyclic amines) is 1. The van der Waals surface area contributed by atoms with E-state index in [2.05, 4.69) is 13.8 Å². The molecule has 2 saturated carbocycles. The predicted octanol–water partition coefficient (Wildman–Crippen LogP) is 4.46. The van der Waals surface area contributed by atoms with E-state index in [9.17, 15) is 4.79 Å². The van der Waals surface area contributed by atoms with Crippen LogP contribution >= 0.6 is 0 Å². The molecule has 0 N–H and O–H groups in total. The van der Waals surface area contributed by atoms with Gasteiger partial charge in [-0.2, -0.15) is 0 Å². The quantitative estimate of drug-likeness (QED) is 0.752. The molecule has 2 aliphatic carbocycles. The molecule has 0 aromatic heterocycles. The Bertz CT molecular complexity index is 417. The van der Waals surface area contributed by atoms with Gasteiger partial charge in [0.1, 0.15) is 5.60 Å². The van der Waals surface area contributed by atoms with E-state index in [1.807, 2.05) is 25.7 Å². The summed E-state index contributed by atoms with van der Waals surface area (Å²) in [6.07, 6.45) is 6.56. The van der Waals surface area contributed by atoms with Gasteiger partial charge in [0.05, 0.1) is 0 Å². The van der Waals surface area contributed by atoms with Crippen LogP contribution in [0.25, 0.3) is 0 Å². The molecule has 3 aliphatic rings. The number of ether oxygens (including phenoxy) is 1. The minimum absolute atomic E-state index is 0.0945. The summed E-state index contributed by atoms with van der Waals surface area (Å²) >= 11 is 0. The third kappa shape index (κ3) is 2.80. The molecule has 1 saturated heterocycles. The van der Waals surface area contributed by atoms with E-state index in [1.54, 1.807) is 0 Å². The highest BCUT2D eigenvalue weighted by Crippen LogP contribution is 2.64. The molecule has 1 aliphatic heterocycles. The standard InChI is InChI=1S/C18H31NO2/c1-12(2)6-13-8-18(9-13)10-15-7-14(18)11-19(15)16(20)21-17(3,4)5/h12-15H,6-11H2,1-5H3. The second kappa shape index (κ2) is 4.89. The Morgan fingerprint density at radius 3 is 2.43 bits per heavy atom. The summed E-state index contributed by atoms with van der Waals surface area (Å²) in [4.78, 5) is 14.3. The Labute approximate surface area is 129 Å². The third-order valence-corrected chi connectivity index (χ3v) is 5.75. The molecule has 1 amide bonds. The lowest BCUT2D eigenvalue weighted by molar-refractivity contribution is -0.0394. The number of piperidine rings is 1. The first-order valence-corrected chi connectivity index (χ1v) is 8.68. The fraction of sp³-hybridized carbons (Fsp3) is 0.944. The molecule has 3 nitrogen and oxygen atoms in total. The van der Waals surface area contributed by atoms with Crippen LogP contribution in [0.3, 0.4) is 0 Å². The summed E-state index contributed by atoms with van der Waals surface area (Å²) in [5.74, 6) is 2.50. The molecule has 2 unspecified atom stereocenters. The van der Waals surface area contributed by atoms with Crippen molar-refractivity contribution in [1.82, 2.24) is 4.90 Å². The third-order valence-electron chi connectivity index (χ3n) is 5.75. The first kappa shape index (κ1) is 15.2. The molecule has 2 bridgehead atoms. The van der Waals surface area contributed by atoms with E-state index in [0.29, 0.717) is 11.5 Å². The number of hydrogen-bond acceptors (Lipinski definition) is 2. The second-order valence-corrected chi connectivity index (χ2v) is 9.19. The fourth-order valence-corrected chi connectivity index (χ4v) is 5.16. The van der Waals surface area contributed by atoms with Crippen LogP contribution in [-0.2, 0) is 4.74 Å². The molecule has 3 fully saturated rings. The number of nitrogens with zero attached hydrogens (tertiary/aromatic N) is 1. The van der Waals surface area contributed by atoms with Crippen molar-refractivity contribution in [1.29, 1.82) is 0 Å². The van der Waals surface area contributed by atoms with Crippen molar-refractivity contribution in [2.24, 2.45) is 23.2 Å². The molecule has 2 atom stereocenters. The molecule has 1 spiro atoms. The van der Waals surface area contributed by atoms with Gasteiger partial charge in [0.2, 0.25) is 0 Å². The maximum absolute atomic E-state index is 12.3. The van der Waals surface area contributed by atoms with Gasteiger partial charge in [0.25, 0.3) is 0 Å². The summed E-state index contributed by atoms with van der Waals surface area (Å²) in [7, 11) is 0. The Morgan fingerprint density at radius 1 is 1.29 bits per heavy atom. The Balaban J connectivity index is 1.54. The normalized spacial score (nSPS) is 38.2. The molecular weight excluding hydrogens is 262 g/mol. The van der Waals surface area contributed by atoms with Gasteiger partial charge in [-0.25, -0.2) is 4.79 Å². The van der Waals surface area contributed by atoms with Crippen LogP contribution in [0.4, 0.5) is 4.79 Å². The second-order valence-electron chi connectivity index (χ2n) is 9.19. The van der Waals surface area contributed by atoms with Gasteiger partial charge in [-0.15, -0.1) is 0 Å². The van der Waals surface area contributed by atoms with Gasteiger partial charge in [0, 0.05) is 12.6 Å². The average Bonchev–Trinajstić information content (AvgIpc) is 2.81. The monoisotopic (exact) mass is 293 g/mol. The summed E-state index contributed by atoms with van der Waals surface area (Å²) in [5.41, 5.74) is 0.207. The molecule has 3 heteroatoms. The minimum Gasteiger partial charge on any atom is -0.444 e. The highest BCUT2D eigenvalue weighted by Gasteiger charge is 2.60. The highest BCUT2D eigenvalue weighted by atomic mass is 16.6. The number of amides is 1. The van der Waals surface area contributed by atoms with E-state index in [-0.39, 0.29) is 11.7 Å². The van der Waals surface area contributed by atoms with Crippen molar-refractivity contribution in [3.63, 3.8) is 0 Å². The molecule has 1 heterocycles. The Kier molecular flexibility index (Phi) is 3.53. The SMILES string of the molecule is CC(C)CC1CC2(C1)CC1CC2CN1C(=O)OC(C)(C)C. The molecule has 3 rings (SSSR count). The maximum Gasteiger partial charge on any atom is 0.410 e. The van der Waals surface area contributed by atoms with E-state index in [1.165, 1.54) is 32.1 Å². The fourth-order valence-electron chi connectivity index (χ4n) is 5.16. The van der Waals surface area contributed by atoms with Crippen LogP contribution in [0.1, 0.15) is 66.7 Å². The molecule has 0 aromatic carbocycles. The lowest BCUT2D eigenvalue weighted by Crippen LogP contribution is -2.51. The topological polar surface area (TPSA) is 29.5 Å². The smallest absolute Gasteiger partial charge is 0.410 e. The predicted molar refractivity (Wildman–Crippen MR) is 84.1 cm³/mol. The van der Waals surface area contributed by atoms with Gasteiger partial charge >= 0.3 is 6.09 Å². The Morgan fingerprint density at radius 2 is 1.95 bits per heavy atom. The van der Waals surface area contributed by atoms with Crippen LogP contribution in [0.5, 0.6) is 0 Å². The first-order chi connectivity index (χ1) is 9.68. The largest absolute Gasteiger partial charge is 0.444 e. The van der Waals surface area contributed by atoms with Crippen LogP contribution < -0.4 is 0 Å². The molecule has 0 radical (unpaired) electrons. The minimum atomic E-state index is -0.380. The molecule has 21 heavy (non-hydrogen) atoms. The van der Waals surface area contributed by atoms with Crippen molar-refractivity contribution in [2.45, 2.75) is 78.4 Å². The lowest BCUT2D eigenvalue weighted by atomic mass is 9.55. The van der Waals surface area contributed by atoms with Crippen molar-refractivity contribution < 1.29 is 9.53 Å². The van der Waals surface area contributed by atoms with Crippen LogP contribution in [0.2, 0.25) is 0 Å². The van der Waals surface area contributed by atoms with Crippen molar-refractivity contribution >= 4 is 6.09 Å². The van der Waals surface area contributed by atoms with E-state index in [0.717, 1.165) is 24.3 Å². The van der Waals surface area contributed by atoms with E-state index >= 15 is 0 Å². The zero-order valence-corrected chi connectivity index (χ0v) is 14.3. The number of carbonyl (C=O) groups is 1. The van der Waals surface area contributed by atoms with Crippen molar-refractivity contribution in [3.8, 4) is 0 Å². The Hall–Kier alpha value is -0.730. The van der Waals surface area contributed by atoms with Crippen LogP contribution in [0.15, 0.2) is 0 Å². The molecule has 120 valence electrons. The van der Waals surface area contributed by atoms with Crippen LogP contribution in [-0.4, -0.2) is 29.2 Å². The van der Waals surface area contributed by atoms with Crippen molar-refractivity contribution in [3.05, 3.63) is 0 Å². The van der Waals surface area contributed by atoms with Crippen LogP contribution in [0, 0.1) is 23.2 Å². The molecular formula is C18H31NO2. The van der Waals surface area contributed by atoms with E-state index < -0.39 is 0 Å². The summed E-state index contributed by atoms with van der Waals surface area (Å²) < 4.78 is 5.55. The lowest BCUT2D eigenvalue weighted by Gasteiger charge is -2.53. The summed E-state index contributed by atoms with van der Waals surface area (Å²) in [6, 6.07) is 0.449. The zero-order valence-electron chi connectivity index (χ0n) is 14.3. The maximum atomic E-state index is 12.3. The van der Waals surface area contributed by atoms with E-state index in [4.69, 9.17) is 4.74 Å².